The number of nitrogens with one attached hydrogen (secondary N) is 1. The molecule has 1 heterocycles. The minimum absolute atomic E-state index is 0.0776. The Morgan fingerprint density at radius 3 is 2.79 bits per heavy atom. The van der Waals surface area contributed by atoms with Gasteiger partial charge in [0.1, 0.15) is 0 Å². The van der Waals surface area contributed by atoms with Crippen molar-refractivity contribution in [1.29, 1.82) is 0 Å². The van der Waals surface area contributed by atoms with Crippen LogP contribution in [-0.4, -0.2) is 14.5 Å². The smallest absolute Gasteiger partial charge is 0.269 e. The Labute approximate surface area is 143 Å². The topological polar surface area (TPSA) is 73.0 Å². The summed E-state index contributed by atoms with van der Waals surface area (Å²) < 4.78 is 1.92. The molecule has 7 heteroatoms. The Balaban J connectivity index is 1.77. The van der Waals surface area contributed by atoms with E-state index in [0.29, 0.717) is 17.5 Å². The minimum atomic E-state index is -0.401. The van der Waals surface area contributed by atoms with Crippen molar-refractivity contribution in [3.05, 3.63) is 75.4 Å². The molecule has 0 saturated carbocycles. The molecule has 0 saturated heterocycles. The zero-order valence-corrected chi connectivity index (χ0v) is 13.7. The van der Waals surface area contributed by atoms with Gasteiger partial charge in [0.05, 0.1) is 16.8 Å². The Bertz CT molecular complexity index is 892. The van der Waals surface area contributed by atoms with Crippen molar-refractivity contribution in [2.75, 3.05) is 5.32 Å². The van der Waals surface area contributed by atoms with Gasteiger partial charge in [-0.15, -0.1) is 0 Å². The van der Waals surface area contributed by atoms with Gasteiger partial charge in [-0.3, -0.25) is 10.1 Å². The van der Waals surface area contributed by atoms with Crippen LogP contribution in [0.15, 0.2) is 54.7 Å². The van der Waals surface area contributed by atoms with E-state index in [-0.39, 0.29) is 5.69 Å². The van der Waals surface area contributed by atoms with E-state index >= 15 is 0 Å². The van der Waals surface area contributed by atoms with Gasteiger partial charge in [0.25, 0.3) is 5.69 Å². The molecule has 0 aliphatic heterocycles. The summed E-state index contributed by atoms with van der Waals surface area (Å²) in [7, 11) is 1.90. The van der Waals surface area contributed by atoms with Crippen LogP contribution >= 0.6 is 11.6 Å². The van der Waals surface area contributed by atoms with Crippen LogP contribution in [0, 0.1) is 10.1 Å². The third-order valence-corrected chi connectivity index (χ3v) is 3.92. The monoisotopic (exact) mass is 342 g/mol. The molecule has 3 rings (SSSR count). The normalized spacial score (nSPS) is 10.6. The first kappa shape index (κ1) is 16.0. The lowest BCUT2D eigenvalue weighted by Gasteiger charge is -2.09. The van der Waals surface area contributed by atoms with Gasteiger partial charge in [-0.25, -0.2) is 4.98 Å². The number of hydrogen-bond donors (Lipinski definition) is 1. The molecule has 0 radical (unpaired) electrons. The molecule has 0 atom stereocenters. The lowest BCUT2D eigenvalue weighted by molar-refractivity contribution is -0.384. The first-order chi connectivity index (χ1) is 11.5. The molecule has 0 bridgehead atoms. The van der Waals surface area contributed by atoms with Crippen LogP contribution in [-0.2, 0) is 13.6 Å². The lowest BCUT2D eigenvalue weighted by atomic mass is 10.2. The SMILES string of the molecule is Cn1c(-c2cccc(Cl)c2)cnc1NCc1cccc([N+](=O)[O-])c1. The third-order valence-electron chi connectivity index (χ3n) is 3.68. The second-order valence-electron chi connectivity index (χ2n) is 5.32. The van der Waals surface area contributed by atoms with Gasteiger partial charge in [-0.05, 0) is 17.7 Å². The Morgan fingerprint density at radius 2 is 2.04 bits per heavy atom. The molecule has 0 aliphatic carbocycles. The molecule has 6 nitrogen and oxygen atoms in total. The predicted molar refractivity (Wildman–Crippen MR) is 94.1 cm³/mol. The average molecular weight is 343 g/mol. The molecule has 0 fully saturated rings. The largest absolute Gasteiger partial charge is 0.352 e. The molecule has 0 unspecified atom stereocenters. The second-order valence-corrected chi connectivity index (χ2v) is 5.75. The Morgan fingerprint density at radius 1 is 1.25 bits per heavy atom. The van der Waals surface area contributed by atoms with Crippen molar-refractivity contribution >= 4 is 23.2 Å². The van der Waals surface area contributed by atoms with Crippen LogP contribution < -0.4 is 5.32 Å². The van der Waals surface area contributed by atoms with Gasteiger partial charge in [0, 0.05) is 36.3 Å². The lowest BCUT2D eigenvalue weighted by Crippen LogP contribution is -2.06. The van der Waals surface area contributed by atoms with Crippen molar-refractivity contribution in [2.24, 2.45) is 7.05 Å². The molecule has 1 aromatic heterocycles. The first-order valence-corrected chi connectivity index (χ1v) is 7.67. The van der Waals surface area contributed by atoms with Gasteiger partial charge >= 0.3 is 0 Å². The third kappa shape index (κ3) is 3.38. The number of halogens is 1. The number of hydrogen-bond acceptors (Lipinski definition) is 4. The van der Waals surface area contributed by atoms with Gasteiger partial charge < -0.3 is 9.88 Å². The molecule has 24 heavy (non-hydrogen) atoms. The highest BCUT2D eigenvalue weighted by atomic mass is 35.5. The summed E-state index contributed by atoms with van der Waals surface area (Å²) in [6.45, 7) is 0.446. The quantitative estimate of drug-likeness (QED) is 0.555. The molecular formula is C17H15ClN4O2. The van der Waals surface area contributed by atoms with Gasteiger partial charge in [0.2, 0.25) is 5.95 Å². The number of imidazole rings is 1. The van der Waals surface area contributed by atoms with Crippen LogP contribution in [0.5, 0.6) is 0 Å². The number of non-ortho nitro benzene ring substituents is 1. The van der Waals surface area contributed by atoms with Crippen molar-refractivity contribution in [3.8, 4) is 11.3 Å². The van der Waals surface area contributed by atoms with Crippen molar-refractivity contribution in [3.63, 3.8) is 0 Å². The van der Waals surface area contributed by atoms with E-state index in [0.717, 1.165) is 16.8 Å². The zero-order valence-electron chi connectivity index (χ0n) is 12.9. The average Bonchev–Trinajstić information content (AvgIpc) is 2.94. The maximum absolute atomic E-state index is 10.8. The first-order valence-electron chi connectivity index (χ1n) is 7.29. The second kappa shape index (κ2) is 6.72. The van der Waals surface area contributed by atoms with Crippen molar-refractivity contribution in [2.45, 2.75) is 6.54 Å². The molecule has 3 aromatic rings. The van der Waals surface area contributed by atoms with E-state index in [1.54, 1.807) is 18.3 Å². The van der Waals surface area contributed by atoms with Gasteiger partial charge in [0.15, 0.2) is 0 Å². The van der Waals surface area contributed by atoms with E-state index in [9.17, 15) is 10.1 Å². The number of nitro groups is 1. The molecule has 0 aliphatic rings. The predicted octanol–water partition coefficient (Wildman–Crippen LogP) is 4.26. The van der Waals surface area contributed by atoms with E-state index in [1.165, 1.54) is 6.07 Å². The van der Waals surface area contributed by atoms with E-state index in [2.05, 4.69) is 10.3 Å². The van der Waals surface area contributed by atoms with E-state index in [4.69, 9.17) is 11.6 Å². The summed E-state index contributed by atoms with van der Waals surface area (Å²) >= 11 is 6.04. The standard InChI is InChI=1S/C17H15ClN4O2/c1-21-16(13-5-3-6-14(18)9-13)11-20-17(21)19-10-12-4-2-7-15(8-12)22(23)24/h2-9,11H,10H2,1H3,(H,19,20). The zero-order chi connectivity index (χ0) is 17.1. The fraction of sp³-hybridized carbons (Fsp3) is 0.118. The highest BCUT2D eigenvalue weighted by Gasteiger charge is 2.10. The summed E-state index contributed by atoms with van der Waals surface area (Å²) in [5, 5.41) is 14.7. The highest BCUT2D eigenvalue weighted by Crippen LogP contribution is 2.24. The van der Waals surface area contributed by atoms with Crippen molar-refractivity contribution < 1.29 is 4.92 Å². The van der Waals surface area contributed by atoms with Crippen LogP contribution in [0.25, 0.3) is 11.3 Å². The minimum Gasteiger partial charge on any atom is -0.352 e. The number of benzene rings is 2. The number of anilines is 1. The van der Waals surface area contributed by atoms with Crippen LogP contribution in [0.1, 0.15) is 5.56 Å². The number of rotatable bonds is 5. The van der Waals surface area contributed by atoms with Crippen molar-refractivity contribution in [1.82, 2.24) is 9.55 Å². The fourth-order valence-corrected chi connectivity index (χ4v) is 2.64. The van der Waals surface area contributed by atoms with Crippen LogP contribution in [0.2, 0.25) is 5.02 Å². The highest BCUT2D eigenvalue weighted by molar-refractivity contribution is 6.30. The number of nitro benzene ring substituents is 1. The summed E-state index contributed by atoms with van der Waals surface area (Å²) in [6, 6.07) is 14.1. The molecular weight excluding hydrogens is 328 g/mol. The molecule has 122 valence electrons. The molecule has 2 aromatic carbocycles. The Hall–Kier alpha value is -2.86. The molecule has 0 spiro atoms. The van der Waals surface area contributed by atoms with Gasteiger partial charge in [-0.1, -0.05) is 35.9 Å². The molecule has 1 N–H and O–H groups in total. The van der Waals surface area contributed by atoms with E-state index in [1.807, 2.05) is 41.9 Å². The maximum Gasteiger partial charge on any atom is 0.269 e. The van der Waals surface area contributed by atoms with Crippen LogP contribution in [0.3, 0.4) is 0 Å². The Kier molecular flexibility index (Phi) is 4.48. The summed E-state index contributed by atoms with van der Waals surface area (Å²) in [6.07, 6.45) is 1.77. The number of aromatic nitrogens is 2. The van der Waals surface area contributed by atoms with Crippen LogP contribution in [0.4, 0.5) is 11.6 Å². The van der Waals surface area contributed by atoms with Gasteiger partial charge in [-0.2, -0.15) is 0 Å². The number of nitrogens with zero attached hydrogens (tertiary/aromatic N) is 3. The summed E-state index contributed by atoms with van der Waals surface area (Å²) in [4.78, 5) is 14.8. The summed E-state index contributed by atoms with van der Waals surface area (Å²) in [5.74, 6) is 0.677. The summed E-state index contributed by atoms with van der Waals surface area (Å²) in [5.41, 5.74) is 2.80. The molecule has 0 amide bonds. The maximum atomic E-state index is 10.8. The van der Waals surface area contributed by atoms with E-state index < -0.39 is 4.92 Å². The fourth-order valence-electron chi connectivity index (χ4n) is 2.45.